The van der Waals surface area contributed by atoms with Gasteiger partial charge in [-0.15, -0.1) is 0 Å². The molecule has 312 valence electrons. The third-order valence-electron chi connectivity index (χ3n) is 10.1. The van der Waals surface area contributed by atoms with E-state index in [9.17, 15) is 24.0 Å². The molecule has 5 amide bonds. The minimum absolute atomic E-state index is 0.131. The van der Waals surface area contributed by atoms with Crippen molar-refractivity contribution in [1.29, 1.82) is 0 Å². The van der Waals surface area contributed by atoms with Crippen LogP contribution in [0.1, 0.15) is 78.4 Å². The molecule has 14 nitrogen and oxygen atoms in total. The molecule has 0 aromatic heterocycles. The van der Waals surface area contributed by atoms with E-state index < -0.39 is 47.5 Å². The Morgan fingerprint density at radius 3 is 1.82 bits per heavy atom. The Balaban J connectivity index is 1.57. The highest BCUT2D eigenvalue weighted by atomic mass is 16.6. The number of epoxide rings is 1. The molecule has 0 saturated carbocycles. The predicted molar refractivity (Wildman–Crippen MR) is 219 cm³/mol. The number of carbonyl (C=O) groups excluding carboxylic acids is 5. The van der Waals surface area contributed by atoms with Crippen LogP contribution in [0.2, 0.25) is 0 Å². The van der Waals surface area contributed by atoms with Gasteiger partial charge in [0.1, 0.15) is 23.7 Å². The number of morpholine rings is 1. The quantitative estimate of drug-likeness (QED) is 0.0686. The van der Waals surface area contributed by atoms with E-state index in [1.54, 1.807) is 0 Å². The summed E-state index contributed by atoms with van der Waals surface area (Å²) in [6.45, 7) is 14.2. The second kappa shape index (κ2) is 22.3. The lowest BCUT2D eigenvalue weighted by Gasteiger charge is -2.29. The van der Waals surface area contributed by atoms with Crippen LogP contribution in [0.4, 0.5) is 0 Å². The zero-order valence-electron chi connectivity index (χ0n) is 34.5. The molecule has 2 aliphatic rings. The monoisotopic (exact) mass is 789 g/mol. The van der Waals surface area contributed by atoms with Gasteiger partial charge < -0.3 is 30.7 Å². The fraction of sp³-hybridized carbons (Fsp3) is 0.581. The highest BCUT2D eigenvalue weighted by Crippen LogP contribution is 2.31. The zero-order valence-corrected chi connectivity index (χ0v) is 34.5. The van der Waals surface area contributed by atoms with Crippen molar-refractivity contribution in [3.63, 3.8) is 0 Å². The van der Waals surface area contributed by atoms with Crippen molar-refractivity contribution in [2.45, 2.75) is 110 Å². The molecule has 5 atom stereocenters. The predicted octanol–water partition coefficient (Wildman–Crippen LogP) is 2.90. The number of aryl methyl sites for hydroxylation is 1. The van der Waals surface area contributed by atoms with E-state index in [1.165, 1.54) is 6.92 Å². The van der Waals surface area contributed by atoms with Gasteiger partial charge in [-0.3, -0.25) is 28.9 Å². The van der Waals surface area contributed by atoms with Gasteiger partial charge in [0.2, 0.25) is 29.5 Å². The molecule has 0 bridgehead atoms. The summed E-state index contributed by atoms with van der Waals surface area (Å²) in [6, 6.07) is 15.6. The summed E-state index contributed by atoms with van der Waals surface area (Å²) in [5.41, 5.74) is 4.09. The number of benzene rings is 2. The summed E-state index contributed by atoms with van der Waals surface area (Å²) >= 11 is 0. The molecule has 2 aromatic rings. The average molecular weight is 790 g/mol. The summed E-state index contributed by atoms with van der Waals surface area (Å²) in [6.07, 6.45) is 2.49. The summed E-state index contributed by atoms with van der Waals surface area (Å²) in [4.78, 5) is 69.9. The number of nitrogens with one attached hydrogen (secondary N) is 5. The molecule has 0 aliphatic carbocycles. The van der Waals surface area contributed by atoms with E-state index in [0.29, 0.717) is 70.7 Å². The van der Waals surface area contributed by atoms with Gasteiger partial charge in [-0.25, -0.2) is 5.43 Å². The van der Waals surface area contributed by atoms with Crippen molar-refractivity contribution in [2.75, 3.05) is 39.5 Å². The zero-order chi connectivity index (χ0) is 41.4. The Morgan fingerprint density at radius 2 is 1.26 bits per heavy atom. The third-order valence-corrected chi connectivity index (χ3v) is 10.1. The summed E-state index contributed by atoms with van der Waals surface area (Å²) in [5.74, 6) is -1.68. The van der Waals surface area contributed by atoms with Crippen LogP contribution in [0.3, 0.4) is 0 Å². The largest absolute Gasteiger partial charge is 0.379 e. The van der Waals surface area contributed by atoms with Crippen LogP contribution in [-0.4, -0.2) is 109 Å². The van der Waals surface area contributed by atoms with E-state index >= 15 is 0 Å². The molecule has 14 heteroatoms. The van der Waals surface area contributed by atoms with E-state index in [0.717, 1.165) is 11.1 Å². The van der Waals surface area contributed by atoms with Crippen LogP contribution in [-0.2, 0) is 46.3 Å². The van der Waals surface area contributed by atoms with Crippen LogP contribution >= 0.6 is 0 Å². The highest BCUT2D eigenvalue weighted by Gasteiger charge is 2.48. The average Bonchev–Trinajstić information content (AvgIpc) is 3.92. The van der Waals surface area contributed by atoms with Gasteiger partial charge >= 0.3 is 0 Å². The van der Waals surface area contributed by atoms with Gasteiger partial charge in [0.25, 0.3) is 0 Å². The van der Waals surface area contributed by atoms with Gasteiger partial charge in [-0.2, -0.15) is 5.10 Å². The second-order valence-electron chi connectivity index (χ2n) is 16.2. The molecule has 2 saturated heterocycles. The molecule has 57 heavy (non-hydrogen) atoms. The molecule has 0 spiro atoms. The van der Waals surface area contributed by atoms with Crippen LogP contribution < -0.4 is 26.7 Å². The van der Waals surface area contributed by atoms with Crippen LogP contribution in [0.5, 0.6) is 0 Å². The fourth-order valence-electron chi connectivity index (χ4n) is 6.74. The number of rotatable bonds is 22. The van der Waals surface area contributed by atoms with Gasteiger partial charge in [-0.1, -0.05) is 88.4 Å². The van der Waals surface area contributed by atoms with Crippen molar-refractivity contribution < 1.29 is 33.4 Å². The van der Waals surface area contributed by atoms with Crippen LogP contribution in [0, 0.1) is 11.8 Å². The first-order valence-corrected chi connectivity index (χ1v) is 20.3. The maximum atomic E-state index is 14.3. The number of amides is 5. The Bertz CT molecular complexity index is 1640. The smallest absolute Gasteiger partial charge is 0.243 e. The summed E-state index contributed by atoms with van der Waals surface area (Å²) in [7, 11) is 0. The van der Waals surface area contributed by atoms with Crippen molar-refractivity contribution in [3.05, 3.63) is 71.8 Å². The molecule has 5 N–H and O–H groups in total. The lowest BCUT2D eigenvalue weighted by Crippen LogP contribution is -2.59. The minimum atomic E-state index is -1.02. The molecular weight excluding hydrogens is 727 g/mol. The number of hydrogen-bond acceptors (Lipinski definition) is 9. The molecular formula is C43H63N7O7. The normalized spacial score (nSPS) is 19.2. The summed E-state index contributed by atoms with van der Waals surface area (Å²) < 4.78 is 11.1. The van der Waals surface area contributed by atoms with Gasteiger partial charge in [-0.05, 0) is 62.0 Å². The van der Waals surface area contributed by atoms with Crippen LogP contribution in [0.15, 0.2) is 65.8 Å². The lowest BCUT2D eigenvalue weighted by atomic mass is 9.92. The Kier molecular flexibility index (Phi) is 17.6. The number of hydrogen-bond donors (Lipinski definition) is 5. The van der Waals surface area contributed by atoms with Gasteiger partial charge in [0.05, 0.1) is 38.1 Å². The number of carbonyl (C=O) groups is 5. The van der Waals surface area contributed by atoms with E-state index in [1.807, 2.05) is 100 Å². The van der Waals surface area contributed by atoms with Crippen LogP contribution in [0.25, 0.3) is 0 Å². The topological polar surface area (TPSA) is 183 Å². The fourth-order valence-corrected chi connectivity index (χ4v) is 6.74. The van der Waals surface area contributed by atoms with Gasteiger partial charge in [0, 0.05) is 26.4 Å². The molecule has 2 fully saturated rings. The molecule has 2 aromatic carbocycles. The number of nitrogens with zero attached hydrogens (tertiary/aromatic N) is 2. The van der Waals surface area contributed by atoms with Crippen molar-refractivity contribution in [2.24, 2.45) is 16.9 Å². The molecule has 4 rings (SSSR count). The summed E-state index contributed by atoms with van der Waals surface area (Å²) in [5, 5.41) is 16.4. The highest BCUT2D eigenvalue weighted by molar-refractivity contribution is 6.02. The number of ether oxygens (including phenoxy) is 2. The Hall–Kier alpha value is -4.66. The SMILES string of the molecule is CC(=O)N/N=C(/C(CC(C)C)NC(=O)[C@H](Cc1ccccc1)NC(=O)[C@H](CCC(C)C)NC(=O)[C@H](CCc1ccccc1)NC(=O)CN1CCOCC1)[C@@]1(C)CO1. The molecule has 2 heterocycles. The molecule has 0 radical (unpaired) electrons. The van der Waals surface area contributed by atoms with E-state index in [4.69, 9.17) is 9.47 Å². The Labute approximate surface area is 337 Å². The van der Waals surface area contributed by atoms with Crippen molar-refractivity contribution in [3.8, 4) is 0 Å². The molecule has 2 aliphatic heterocycles. The lowest BCUT2D eigenvalue weighted by molar-refractivity contribution is -0.134. The standard InChI is InChI=1S/C43H63N7O7/c1-29(2)17-19-35(45-40(53)34(20-18-32-13-9-7-10-14-32)44-38(52)27-50-21-23-56-24-22-50)41(54)47-37(26-33-15-11-8-12-16-33)42(55)46-36(25-30(3)4)39(43(6)28-57-43)49-48-31(5)51/h7-16,29-30,34-37H,17-28H2,1-6H3,(H,44,52)(H,45,53)(H,46,55)(H,47,54)(H,48,51)/b49-39-/t34-,35-,36?,37-,43+/m0/s1. The number of hydrazone groups is 1. The van der Waals surface area contributed by atoms with E-state index in [2.05, 4.69) is 31.8 Å². The maximum absolute atomic E-state index is 14.3. The third kappa shape index (κ3) is 15.7. The van der Waals surface area contributed by atoms with E-state index in [-0.39, 0.29) is 36.6 Å². The minimum Gasteiger partial charge on any atom is -0.379 e. The van der Waals surface area contributed by atoms with Crippen molar-refractivity contribution in [1.82, 2.24) is 31.6 Å². The van der Waals surface area contributed by atoms with Gasteiger partial charge in [0.15, 0.2) is 0 Å². The maximum Gasteiger partial charge on any atom is 0.243 e. The second-order valence-corrected chi connectivity index (χ2v) is 16.2. The van der Waals surface area contributed by atoms with Crippen molar-refractivity contribution >= 4 is 35.2 Å². The molecule has 1 unspecified atom stereocenters. The first-order chi connectivity index (χ1) is 27.2. The first-order valence-electron chi connectivity index (χ1n) is 20.3. The Morgan fingerprint density at radius 1 is 0.719 bits per heavy atom. The first kappa shape index (κ1) is 45.0.